The molecule has 4 aromatic rings. The van der Waals surface area contributed by atoms with E-state index in [0.29, 0.717) is 37.1 Å². The Balaban J connectivity index is 1.38. The van der Waals surface area contributed by atoms with E-state index in [0.717, 1.165) is 41.9 Å². The molecule has 9 heteroatoms. The van der Waals surface area contributed by atoms with E-state index in [9.17, 15) is 0 Å². The second-order valence-electron chi connectivity index (χ2n) is 7.76. The summed E-state index contributed by atoms with van der Waals surface area (Å²) in [6.07, 6.45) is 1.57. The first-order chi connectivity index (χ1) is 16.3. The van der Waals surface area contributed by atoms with Crippen LogP contribution < -0.4 is 4.90 Å². The largest absolute Gasteiger partial charge is 0.378 e. The number of hydrogen-bond acceptors (Lipinski definition) is 8. The molecule has 1 aliphatic rings. The molecule has 1 fully saturated rings. The van der Waals surface area contributed by atoms with Crippen molar-refractivity contribution in [3.63, 3.8) is 0 Å². The summed E-state index contributed by atoms with van der Waals surface area (Å²) in [5, 5.41) is 14.0. The van der Waals surface area contributed by atoms with Crippen LogP contribution in [0.5, 0.6) is 0 Å². The van der Waals surface area contributed by atoms with Crippen LogP contribution in [0, 0.1) is 0 Å². The standard InChI is InChI=1S/C24H26N6O2S/c1-2-19-10-6-7-11-20(19)30-23(29-12-14-31-15-13-29)26-27-24(30)33-17-22-25-21(28-32-22)16-18-8-4-3-5-9-18/h3-11H,2,12-17H2,1H3. The fraction of sp³-hybridized carbons (Fsp3) is 0.333. The highest BCUT2D eigenvalue weighted by molar-refractivity contribution is 7.98. The van der Waals surface area contributed by atoms with Crippen molar-refractivity contribution in [1.29, 1.82) is 0 Å². The van der Waals surface area contributed by atoms with Crippen LogP contribution >= 0.6 is 11.8 Å². The molecular weight excluding hydrogens is 436 g/mol. The van der Waals surface area contributed by atoms with Gasteiger partial charge in [-0.15, -0.1) is 10.2 Å². The molecule has 33 heavy (non-hydrogen) atoms. The quantitative estimate of drug-likeness (QED) is 0.364. The molecule has 0 atom stereocenters. The Labute approximate surface area is 197 Å². The lowest BCUT2D eigenvalue weighted by molar-refractivity contribution is 0.122. The van der Waals surface area contributed by atoms with Crippen molar-refractivity contribution in [2.45, 2.75) is 30.7 Å². The van der Waals surface area contributed by atoms with Gasteiger partial charge in [0.2, 0.25) is 11.8 Å². The average molecular weight is 463 g/mol. The van der Waals surface area contributed by atoms with Crippen LogP contribution in [-0.2, 0) is 23.3 Å². The van der Waals surface area contributed by atoms with E-state index in [1.165, 1.54) is 5.56 Å². The number of rotatable bonds is 8. The van der Waals surface area contributed by atoms with Gasteiger partial charge in [0, 0.05) is 19.5 Å². The number of para-hydroxylation sites is 1. The monoisotopic (exact) mass is 462 g/mol. The summed E-state index contributed by atoms with van der Waals surface area (Å²) in [5.74, 6) is 2.63. The number of ether oxygens (including phenoxy) is 1. The van der Waals surface area contributed by atoms with Crippen LogP contribution in [0.1, 0.15) is 29.8 Å². The zero-order valence-electron chi connectivity index (χ0n) is 18.6. The summed E-state index contributed by atoms with van der Waals surface area (Å²) in [4.78, 5) is 6.80. The molecule has 1 aliphatic heterocycles. The van der Waals surface area contributed by atoms with E-state index >= 15 is 0 Å². The Kier molecular flexibility index (Phi) is 6.68. The molecule has 2 aromatic carbocycles. The number of hydrogen-bond donors (Lipinski definition) is 0. The molecule has 3 heterocycles. The normalized spacial score (nSPS) is 14.0. The van der Waals surface area contributed by atoms with Crippen LogP contribution in [0.25, 0.3) is 5.69 Å². The molecule has 2 aromatic heterocycles. The van der Waals surface area contributed by atoms with E-state index in [2.05, 4.69) is 73.1 Å². The third-order valence-corrected chi connectivity index (χ3v) is 6.48. The third-order valence-electron chi connectivity index (χ3n) is 5.56. The SMILES string of the molecule is CCc1ccccc1-n1c(SCc2nc(Cc3ccccc3)no2)nnc1N1CCOCC1. The van der Waals surface area contributed by atoms with Crippen molar-refractivity contribution in [2.75, 3.05) is 31.2 Å². The maximum atomic E-state index is 5.54. The molecule has 0 bridgehead atoms. The van der Waals surface area contributed by atoms with Crippen molar-refractivity contribution in [3.05, 3.63) is 77.4 Å². The highest BCUT2D eigenvalue weighted by Gasteiger charge is 2.23. The maximum absolute atomic E-state index is 5.54. The fourth-order valence-electron chi connectivity index (χ4n) is 3.89. The summed E-state index contributed by atoms with van der Waals surface area (Å²) in [5.41, 5.74) is 3.50. The predicted molar refractivity (Wildman–Crippen MR) is 127 cm³/mol. The van der Waals surface area contributed by atoms with Gasteiger partial charge < -0.3 is 14.2 Å². The summed E-state index contributed by atoms with van der Waals surface area (Å²) in [6, 6.07) is 18.6. The van der Waals surface area contributed by atoms with Gasteiger partial charge in [0.05, 0.1) is 24.7 Å². The van der Waals surface area contributed by atoms with Gasteiger partial charge in [-0.25, -0.2) is 0 Å². The minimum Gasteiger partial charge on any atom is -0.378 e. The summed E-state index contributed by atoms with van der Waals surface area (Å²) in [6.45, 7) is 5.14. The summed E-state index contributed by atoms with van der Waals surface area (Å²) >= 11 is 1.55. The van der Waals surface area contributed by atoms with Crippen molar-refractivity contribution in [1.82, 2.24) is 24.9 Å². The van der Waals surface area contributed by atoms with Gasteiger partial charge >= 0.3 is 0 Å². The molecule has 0 radical (unpaired) electrons. The number of thioether (sulfide) groups is 1. The van der Waals surface area contributed by atoms with Crippen LogP contribution in [0.15, 0.2) is 64.3 Å². The second kappa shape index (κ2) is 10.2. The number of benzene rings is 2. The molecule has 0 unspecified atom stereocenters. The lowest BCUT2D eigenvalue weighted by Crippen LogP contribution is -2.38. The van der Waals surface area contributed by atoms with Crippen LogP contribution in [-0.4, -0.2) is 51.2 Å². The van der Waals surface area contributed by atoms with Gasteiger partial charge in [0.15, 0.2) is 11.0 Å². The molecule has 0 amide bonds. The lowest BCUT2D eigenvalue weighted by Gasteiger charge is -2.28. The van der Waals surface area contributed by atoms with Gasteiger partial charge in [-0.2, -0.15) is 4.98 Å². The lowest BCUT2D eigenvalue weighted by atomic mass is 10.1. The van der Waals surface area contributed by atoms with Crippen molar-refractivity contribution in [2.24, 2.45) is 0 Å². The third kappa shape index (κ3) is 4.94. The van der Waals surface area contributed by atoms with Crippen LogP contribution in [0.3, 0.4) is 0 Å². The van der Waals surface area contributed by atoms with Crippen LogP contribution in [0.2, 0.25) is 0 Å². The maximum Gasteiger partial charge on any atom is 0.237 e. The van der Waals surface area contributed by atoms with Crippen molar-refractivity contribution in [3.8, 4) is 5.69 Å². The molecule has 8 nitrogen and oxygen atoms in total. The van der Waals surface area contributed by atoms with E-state index in [1.807, 2.05) is 18.2 Å². The van der Waals surface area contributed by atoms with Crippen LogP contribution in [0.4, 0.5) is 5.95 Å². The molecular formula is C24H26N6O2S. The Morgan fingerprint density at radius 1 is 0.970 bits per heavy atom. The molecule has 0 N–H and O–H groups in total. The Bertz CT molecular complexity index is 1190. The molecule has 0 spiro atoms. The molecule has 0 aliphatic carbocycles. The molecule has 170 valence electrons. The predicted octanol–water partition coefficient (Wildman–Crippen LogP) is 3.93. The number of anilines is 1. The zero-order valence-corrected chi connectivity index (χ0v) is 19.4. The first-order valence-corrected chi connectivity index (χ1v) is 12.1. The zero-order chi connectivity index (χ0) is 22.5. The fourth-order valence-corrected chi connectivity index (χ4v) is 4.67. The number of aryl methyl sites for hydroxylation is 1. The van der Waals surface area contributed by atoms with Gasteiger partial charge in [0.25, 0.3) is 0 Å². The van der Waals surface area contributed by atoms with E-state index < -0.39 is 0 Å². The number of aromatic nitrogens is 5. The highest BCUT2D eigenvalue weighted by atomic mass is 32.2. The molecule has 0 saturated carbocycles. The molecule has 5 rings (SSSR count). The van der Waals surface area contributed by atoms with E-state index in [-0.39, 0.29) is 0 Å². The van der Waals surface area contributed by atoms with Gasteiger partial charge in [0.1, 0.15) is 0 Å². The minimum absolute atomic E-state index is 0.525. The summed E-state index contributed by atoms with van der Waals surface area (Å²) < 4.78 is 13.2. The Morgan fingerprint density at radius 3 is 2.58 bits per heavy atom. The average Bonchev–Trinajstić information content (AvgIpc) is 3.50. The topological polar surface area (TPSA) is 82.1 Å². The van der Waals surface area contributed by atoms with Gasteiger partial charge in [-0.3, -0.25) is 4.57 Å². The first kappa shape index (κ1) is 21.7. The van der Waals surface area contributed by atoms with E-state index in [4.69, 9.17) is 9.26 Å². The Morgan fingerprint density at radius 2 is 1.76 bits per heavy atom. The van der Waals surface area contributed by atoms with Gasteiger partial charge in [-0.1, -0.05) is 72.4 Å². The van der Waals surface area contributed by atoms with Gasteiger partial charge in [-0.05, 0) is 23.6 Å². The number of morpholine rings is 1. The highest BCUT2D eigenvalue weighted by Crippen LogP contribution is 2.30. The first-order valence-electron chi connectivity index (χ1n) is 11.2. The van der Waals surface area contributed by atoms with Crippen molar-refractivity contribution < 1.29 is 9.26 Å². The number of nitrogens with zero attached hydrogens (tertiary/aromatic N) is 6. The Hall–Kier alpha value is -3.17. The van der Waals surface area contributed by atoms with E-state index in [1.54, 1.807) is 11.8 Å². The smallest absolute Gasteiger partial charge is 0.237 e. The second-order valence-corrected chi connectivity index (χ2v) is 8.70. The molecule has 1 saturated heterocycles. The minimum atomic E-state index is 0.525. The van der Waals surface area contributed by atoms with Crippen molar-refractivity contribution >= 4 is 17.7 Å². The summed E-state index contributed by atoms with van der Waals surface area (Å²) in [7, 11) is 0.